The van der Waals surface area contributed by atoms with E-state index in [0.717, 1.165) is 5.56 Å². The highest BCUT2D eigenvalue weighted by atomic mass is 35.5. The van der Waals surface area contributed by atoms with E-state index >= 15 is 0 Å². The zero-order chi connectivity index (χ0) is 28.2. The van der Waals surface area contributed by atoms with Gasteiger partial charge in [-0.2, -0.15) is 0 Å². The number of aromatic nitrogens is 1. The van der Waals surface area contributed by atoms with Crippen LogP contribution in [-0.2, 0) is 6.54 Å². The largest absolute Gasteiger partial charge is 0.511 e. The van der Waals surface area contributed by atoms with Crippen LogP contribution in [0.25, 0.3) is 33.0 Å². The molecule has 0 saturated heterocycles. The van der Waals surface area contributed by atoms with E-state index in [1.54, 1.807) is 60.7 Å². The lowest BCUT2D eigenvalue weighted by Gasteiger charge is -2.11. The van der Waals surface area contributed by atoms with Crippen LogP contribution in [0.1, 0.15) is 15.9 Å². The van der Waals surface area contributed by atoms with Crippen LogP contribution in [0.5, 0.6) is 5.75 Å². The molecule has 0 aliphatic carbocycles. The fourth-order valence-corrected chi connectivity index (χ4v) is 5.12. The van der Waals surface area contributed by atoms with Crippen LogP contribution in [0.2, 0.25) is 10.0 Å². The minimum atomic E-state index is -1.46. The molecular formula is C30H19Cl2FN2O4S. The second-order valence-corrected chi connectivity index (χ2v) is 10.3. The van der Waals surface area contributed by atoms with E-state index in [0.29, 0.717) is 48.6 Å². The Kier molecular flexibility index (Phi) is 8.11. The first-order valence-electron chi connectivity index (χ1n) is 11.9. The Balaban J connectivity index is 1.37. The van der Waals surface area contributed by atoms with Crippen LogP contribution in [0.15, 0.2) is 90.3 Å². The molecule has 0 fully saturated rings. The van der Waals surface area contributed by atoms with Crippen LogP contribution in [0.3, 0.4) is 0 Å². The zero-order valence-corrected chi connectivity index (χ0v) is 22.9. The van der Waals surface area contributed by atoms with Gasteiger partial charge in [-0.05, 0) is 59.7 Å². The maximum atomic E-state index is 13.4. The standard InChI is InChI=1S/C30H19Cl2FN2O4S/c31-24-11-9-20(13-25(24)32)26-16-40-29(35-26)21-8-10-23(27(14-21)39-30(37)38)18-4-6-19(7-5-18)28(36)34-15-17-2-1-3-22(33)12-17/h1-14,16H,15H2,(H,34,36)(H,37,38). The van der Waals surface area contributed by atoms with Crippen molar-refractivity contribution in [3.8, 4) is 38.7 Å². The van der Waals surface area contributed by atoms with Gasteiger partial charge in [0.15, 0.2) is 0 Å². The number of hydrogen-bond donors (Lipinski definition) is 2. The second-order valence-electron chi connectivity index (χ2n) is 8.64. The third kappa shape index (κ3) is 6.31. The van der Waals surface area contributed by atoms with Crippen molar-refractivity contribution in [1.82, 2.24) is 10.3 Å². The van der Waals surface area contributed by atoms with Gasteiger partial charge in [-0.3, -0.25) is 4.79 Å². The van der Waals surface area contributed by atoms with Crippen molar-refractivity contribution in [1.29, 1.82) is 0 Å². The van der Waals surface area contributed by atoms with Gasteiger partial charge in [-0.25, -0.2) is 14.2 Å². The number of carboxylic acid groups (broad SMARTS) is 1. The van der Waals surface area contributed by atoms with E-state index in [9.17, 15) is 19.1 Å². The van der Waals surface area contributed by atoms with Crippen LogP contribution in [-0.4, -0.2) is 22.2 Å². The van der Waals surface area contributed by atoms with Gasteiger partial charge in [-0.1, -0.05) is 59.6 Å². The average molecular weight is 593 g/mol. The van der Waals surface area contributed by atoms with Crippen LogP contribution >= 0.6 is 34.5 Å². The van der Waals surface area contributed by atoms with Crippen molar-refractivity contribution in [3.05, 3.63) is 117 Å². The molecular weight excluding hydrogens is 574 g/mol. The van der Waals surface area contributed by atoms with Crippen molar-refractivity contribution >= 4 is 46.6 Å². The third-order valence-corrected chi connectivity index (χ3v) is 7.58. The van der Waals surface area contributed by atoms with E-state index in [2.05, 4.69) is 10.3 Å². The van der Waals surface area contributed by atoms with E-state index in [1.807, 2.05) is 17.5 Å². The number of rotatable bonds is 7. The number of nitrogens with zero attached hydrogens (tertiary/aromatic N) is 1. The highest BCUT2D eigenvalue weighted by Crippen LogP contribution is 2.37. The van der Waals surface area contributed by atoms with Gasteiger partial charge in [-0.15, -0.1) is 11.3 Å². The highest BCUT2D eigenvalue weighted by molar-refractivity contribution is 7.13. The van der Waals surface area contributed by atoms with Crippen molar-refractivity contribution in [2.75, 3.05) is 0 Å². The molecule has 0 bridgehead atoms. The van der Waals surface area contributed by atoms with E-state index < -0.39 is 6.16 Å². The summed E-state index contributed by atoms with van der Waals surface area (Å²) in [6.45, 7) is 0.180. The lowest BCUT2D eigenvalue weighted by Crippen LogP contribution is -2.22. The molecule has 40 heavy (non-hydrogen) atoms. The third-order valence-electron chi connectivity index (χ3n) is 5.95. The van der Waals surface area contributed by atoms with Crippen LogP contribution in [0.4, 0.5) is 9.18 Å². The molecule has 6 nitrogen and oxygen atoms in total. The quantitative estimate of drug-likeness (QED) is 0.146. The summed E-state index contributed by atoms with van der Waals surface area (Å²) in [7, 11) is 0. The fraction of sp³-hybridized carbons (Fsp3) is 0.0333. The minimum Gasteiger partial charge on any atom is -0.449 e. The Morgan fingerprint density at radius 1 is 0.900 bits per heavy atom. The number of halogens is 3. The Morgan fingerprint density at radius 3 is 2.38 bits per heavy atom. The van der Waals surface area contributed by atoms with Crippen molar-refractivity contribution < 1.29 is 23.8 Å². The van der Waals surface area contributed by atoms with E-state index in [-0.39, 0.29) is 24.0 Å². The monoisotopic (exact) mass is 592 g/mol. The molecule has 1 amide bonds. The van der Waals surface area contributed by atoms with E-state index in [1.165, 1.54) is 23.5 Å². The molecule has 5 rings (SSSR count). The molecule has 0 aliphatic rings. The normalized spacial score (nSPS) is 10.8. The maximum Gasteiger partial charge on any atom is 0.511 e. The summed E-state index contributed by atoms with van der Waals surface area (Å²) in [5, 5.41) is 15.5. The lowest BCUT2D eigenvalue weighted by atomic mass is 10.0. The molecule has 1 heterocycles. The maximum absolute atomic E-state index is 13.4. The summed E-state index contributed by atoms with van der Waals surface area (Å²) >= 11 is 13.5. The summed E-state index contributed by atoms with van der Waals surface area (Å²) in [6.07, 6.45) is -1.46. The molecule has 200 valence electrons. The average Bonchev–Trinajstić information content (AvgIpc) is 3.44. The van der Waals surface area contributed by atoms with Crippen molar-refractivity contribution in [2.45, 2.75) is 6.54 Å². The molecule has 1 aromatic heterocycles. The first kappa shape index (κ1) is 27.3. The summed E-state index contributed by atoms with van der Waals surface area (Å²) in [5.41, 5.74) is 4.40. The Morgan fingerprint density at radius 2 is 1.65 bits per heavy atom. The van der Waals surface area contributed by atoms with Crippen molar-refractivity contribution in [2.24, 2.45) is 0 Å². The van der Waals surface area contributed by atoms with Gasteiger partial charge in [0, 0.05) is 34.2 Å². The van der Waals surface area contributed by atoms with Crippen LogP contribution < -0.4 is 10.1 Å². The first-order chi connectivity index (χ1) is 19.3. The molecule has 0 spiro atoms. The van der Waals surface area contributed by atoms with E-state index in [4.69, 9.17) is 27.9 Å². The minimum absolute atomic E-state index is 0.125. The highest BCUT2D eigenvalue weighted by Gasteiger charge is 2.16. The summed E-state index contributed by atoms with van der Waals surface area (Å²) in [5.74, 6) is -0.572. The SMILES string of the molecule is O=C(O)Oc1cc(-c2nc(-c3ccc(Cl)c(Cl)c3)cs2)ccc1-c1ccc(C(=O)NCc2cccc(F)c2)cc1. The summed E-state index contributed by atoms with van der Waals surface area (Å²) in [4.78, 5) is 28.7. The second kappa shape index (κ2) is 11.9. The van der Waals surface area contributed by atoms with Gasteiger partial charge in [0.1, 0.15) is 16.6 Å². The van der Waals surface area contributed by atoms with Gasteiger partial charge < -0.3 is 15.2 Å². The zero-order valence-electron chi connectivity index (χ0n) is 20.5. The topological polar surface area (TPSA) is 88.5 Å². The predicted octanol–water partition coefficient (Wildman–Crippen LogP) is 8.58. The number of ether oxygens (including phenoxy) is 1. The van der Waals surface area contributed by atoms with Gasteiger partial charge in [0.05, 0.1) is 15.7 Å². The molecule has 0 aliphatic heterocycles. The number of nitrogens with one attached hydrogen (secondary N) is 1. The lowest BCUT2D eigenvalue weighted by molar-refractivity contribution is 0.0950. The molecule has 0 saturated carbocycles. The Bertz CT molecular complexity index is 1720. The number of thiazole rings is 1. The van der Waals surface area contributed by atoms with Gasteiger partial charge in [0.2, 0.25) is 0 Å². The van der Waals surface area contributed by atoms with Crippen LogP contribution in [0, 0.1) is 5.82 Å². The molecule has 5 aromatic rings. The number of benzene rings is 4. The number of hydrogen-bond acceptors (Lipinski definition) is 5. The van der Waals surface area contributed by atoms with Gasteiger partial charge >= 0.3 is 6.16 Å². The molecule has 4 aromatic carbocycles. The number of amides is 1. The molecule has 0 radical (unpaired) electrons. The summed E-state index contributed by atoms with van der Waals surface area (Å²) in [6, 6.07) is 23.1. The number of carbonyl (C=O) groups excluding carboxylic acids is 1. The molecule has 0 unspecified atom stereocenters. The predicted molar refractivity (Wildman–Crippen MR) is 155 cm³/mol. The Hall–Kier alpha value is -4.24. The Labute approximate surface area is 242 Å². The fourth-order valence-electron chi connectivity index (χ4n) is 4.00. The molecule has 2 N–H and O–H groups in total. The molecule has 10 heteroatoms. The first-order valence-corrected chi connectivity index (χ1v) is 13.5. The smallest absolute Gasteiger partial charge is 0.449 e. The summed E-state index contributed by atoms with van der Waals surface area (Å²) < 4.78 is 18.5. The number of carbonyl (C=O) groups is 2. The van der Waals surface area contributed by atoms with Crippen molar-refractivity contribution in [3.63, 3.8) is 0 Å². The van der Waals surface area contributed by atoms with Gasteiger partial charge in [0.25, 0.3) is 5.91 Å². The molecule has 0 atom stereocenters.